The Labute approximate surface area is 56.0 Å². The van der Waals surface area contributed by atoms with Crippen molar-refractivity contribution in [2.45, 2.75) is 12.8 Å². The highest BCUT2D eigenvalue weighted by molar-refractivity contribution is 7.77. The molecule has 50 valence electrons. The van der Waals surface area contributed by atoms with Crippen molar-refractivity contribution in [2.24, 2.45) is 0 Å². The molecule has 1 N–H and O–H groups in total. The van der Waals surface area contributed by atoms with Crippen LogP contribution in [-0.4, -0.2) is 29.6 Å². The molecular formula is C5H13NOS. The van der Waals surface area contributed by atoms with Crippen molar-refractivity contribution in [2.75, 3.05) is 20.2 Å². The van der Waals surface area contributed by atoms with Gasteiger partial charge in [-0.15, -0.1) is 0 Å². The molecule has 8 heavy (non-hydrogen) atoms. The maximum absolute atomic E-state index is 8.34. The number of rotatable bonds is 4. The molecular weight excluding hydrogens is 122 g/mol. The second-order valence-electron chi connectivity index (χ2n) is 1.81. The molecule has 3 heteroatoms. The molecule has 0 saturated heterocycles. The quantitative estimate of drug-likeness (QED) is 0.434. The molecule has 0 heterocycles. The van der Waals surface area contributed by atoms with Crippen LogP contribution in [0.4, 0.5) is 0 Å². The van der Waals surface area contributed by atoms with Crippen LogP contribution in [0.2, 0.25) is 0 Å². The highest BCUT2D eigenvalue weighted by Crippen LogP contribution is 1.92. The molecule has 0 spiro atoms. The Bertz CT molecular complexity index is 49.7. The summed E-state index contributed by atoms with van der Waals surface area (Å²) in [5.74, 6) is 0. The van der Waals surface area contributed by atoms with Crippen LogP contribution in [0.5, 0.6) is 0 Å². The molecule has 0 fully saturated rings. The van der Waals surface area contributed by atoms with E-state index >= 15 is 0 Å². The molecule has 0 aromatic rings. The summed E-state index contributed by atoms with van der Waals surface area (Å²) >= 11 is 4.02. The number of hydrogen-bond donors (Lipinski definition) is 2. The summed E-state index contributed by atoms with van der Waals surface area (Å²) in [7, 11) is 1.90. The van der Waals surface area contributed by atoms with Gasteiger partial charge in [0, 0.05) is 13.2 Å². The minimum atomic E-state index is 0.293. The Hall–Kier alpha value is 0.270. The molecule has 2 nitrogen and oxygen atoms in total. The molecule has 0 unspecified atom stereocenters. The molecule has 0 rings (SSSR count). The van der Waals surface area contributed by atoms with Gasteiger partial charge in [-0.1, -0.05) is 12.8 Å². The molecule has 0 bridgehead atoms. The van der Waals surface area contributed by atoms with Crippen LogP contribution < -0.4 is 0 Å². The summed E-state index contributed by atoms with van der Waals surface area (Å²) in [6.45, 7) is 1.24. The van der Waals surface area contributed by atoms with E-state index < -0.39 is 0 Å². The van der Waals surface area contributed by atoms with E-state index in [1.54, 1.807) is 0 Å². The second kappa shape index (κ2) is 5.41. The van der Waals surface area contributed by atoms with Gasteiger partial charge in [-0.05, 0) is 19.9 Å². The van der Waals surface area contributed by atoms with Crippen molar-refractivity contribution in [1.29, 1.82) is 0 Å². The number of unbranched alkanes of at least 4 members (excludes halogenated alkanes) is 1. The molecule has 0 aromatic carbocycles. The number of hydrogen-bond acceptors (Lipinski definition) is 3. The van der Waals surface area contributed by atoms with Crippen LogP contribution in [0.3, 0.4) is 0 Å². The van der Waals surface area contributed by atoms with E-state index in [4.69, 9.17) is 5.11 Å². The molecule has 0 saturated carbocycles. The zero-order valence-electron chi connectivity index (χ0n) is 5.17. The van der Waals surface area contributed by atoms with E-state index in [9.17, 15) is 0 Å². The molecule has 0 aliphatic heterocycles. The summed E-state index contributed by atoms with van der Waals surface area (Å²) in [5, 5.41) is 8.34. The SMILES string of the molecule is CN(S)CCCCO. The first kappa shape index (κ1) is 8.27. The van der Waals surface area contributed by atoms with Gasteiger partial charge in [0.15, 0.2) is 0 Å². The third kappa shape index (κ3) is 6.27. The number of thiol groups is 1. The smallest absolute Gasteiger partial charge is 0.0431 e. The summed E-state index contributed by atoms with van der Waals surface area (Å²) < 4.78 is 1.82. The Morgan fingerprint density at radius 2 is 2.12 bits per heavy atom. The van der Waals surface area contributed by atoms with Gasteiger partial charge in [0.2, 0.25) is 0 Å². The fourth-order valence-electron chi connectivity index (χ4n) is 0.452. The van der Waals surface area contributed by atoms with Crippen molar-refractivity contribution >= 4 is 12.8 Å². The van der Waals surface area contributed by atoms with Gasteiger partial charge in [-0.3, -0.25) is 4.31 Å². The van der Waals surface area contributed by atoms with E-state index in [1.165, 1.54) is 0 Å². The van der Waals surface area contributed by atoms with Crippen molar-refractivity contribution in [1.82, 2.24) is 4.31 Å². The minimum absolute atomic E-state index is 0.293. The lowest BCUT2D eigenvalue weighted by Crippen LogP contribution is -2.06. The predicted octanol–water partition coefficient (Wildman–Crippen LogP) is 0.536. The molecule has 0 amide bonds. The highest BCUT2D eigenvalue weighted by Gasteiger charge is 1.88. The van der Waals surface area contributed by atoms with E-state index in [0.29, 0.717) is 6.61 Å². The summed E-state index contributed by atoms with van der Waals surface area (Å²) in [4.78, 5) is 0. The van der Waals surface area contributed by atoms with Crippen LogP contribution in [0.25, 0.3) is 0 Å². The van der Waals surface area contributed by atoms with Gasteiger partial charge in [-0.2, -0.15) is 0 Å². The van der Waals surface area contributed by atoms with Gasteiger partial charge in [0.05, 0.1) is 0 Å². The maximum atomic E-state index is 8.34. The van der Waals surface area contributed by atoms with Crippen molar-refractivity contribution in [3.63, 3.8) is 0 Å². The molecule has 0 aliphatic rings. The summed E-state index contributed by atoms with van der Waals surface area (Å²) in [6.07, 6.45) is 1.90. The molecule has 0 radical (unpaired) electrons. The summed E-state index contributed by atoms with van der Waals surface area (Å²) in [6, 6.07) is 0. The Morgan fingerprint density at radius 3 is 2.50 bits per heavy atom. The highest BCUT2D eigenvalue weighted by atomic mass is 32.1. The second-order valence-corrected chi connectivity index (χ2v) is 2.49. The van der Waals surface area contributed by atoms with Crippen LogP contribution >= 0.6 is 12.8 Å². The van der Waals surface area contributed by atoms with Crippen LogP contribution in [-0.2, 0) is 0 Å². The number of aliphatic hydroxyl groups excluding tert-OH is 1. The van der Waals surface area contributed by atoms with Crippen LogP contribution in [0, 0.1) is 0 Å². The lowest BCUT2D eigenvalue weighted by Gasteiger charge is -2.05. The van der Waals surface area contributed by atoms with Gasteiger partial charge in [-0.25, -0.2) is 0 Å². The largest absolute Gasteiger partial charge is 0.396 e. The topological polar surface area (TPSA) is 23.5 Å². The van der Waals surface area contributed by atoms with E-state index in [2.05, 4.69) is 12.8 Å². The Balaban J connectivity index is 2.72. The first-order valence-electron chi connectivity index (χ1n) is 2.78. The Morgan fingerprint density at radius 1 is 1.50 bits per heavy atom. The average Bonchev–Trinajstić information content (AvgIpc) is 1.66. The fraction of sp³-hybridized carbons (Fsp3) is 1.00. The van der Waals surface area contributed by atoms with Crippen molar-refractivity contribution in [3.05, 3.63) is 0 Å². The van der Waals surface area contributed by atoms with Crippen molar-refractivity contribution < 1.29 is 5.11 Å². The Kier molecular flexibility index (Phi) is 5.59. The number of nitrogens with zero attached hydrogens (tertiary/aromatic N) is 1. The third-order valence-electron chi connectivity index (χ3n) is 0.890. The maximum Gasteiger partial charge on any atom is 0.0431 e. The van der Waals surface area contributed by atoms with E-state index in [0.717, 1.165) is 19.4 Å². The molecule has 0 atom stereocenters. The first-order valence-corrected chi connectivity index (χ1v) is 3.18. The normalized spacial score (nSPS) is 10.5. The predicted molar refractivity (Wildman–Crippen MR) is 37.9 cm³/mol. The minimum Gasteiger partial charge on any atom is -0.396 e. The lowest BCUT2D eigenvalue weighted by molar-refractivity contribution is 0.281. The zero-order valence-corrected chi connectivity index (χ0v) is 6.06. The summed E-state index contributed by atoms with van der Waals surface area (Å²) in [5.41, 5.74) is 0. The van der Waals surface area contributed by atoms with Gasteiger partial charge in [0.1, 0.15) is 0 Å². The van der Waals surface area contributed by atoms with E-state index in [1.807, 2.05) is 11.4 Å². The zero-order chi connectivity index (χ0) is 6.41. The average molecular weight is 135 g/mol. The van der Waals surface area contributed by atoms with Crippen LogP contribution in [0.15, 0.2) is 0 Å². The van der Waals surface area contributed by atoms with Gasteiger partial charge in [0.25, 0.3) is 0 Å². The molecule has 0 aliphatic carbocycles. The van der Waals surface area contributed by atoms with Gasteiger partial charge < -0.3 is 5.11 Å². The standard InChI is InChI=1S/C5H13NOS/c1-6(8)4-2-3-5-7/h7-8H,2-5H2,1H3. The van der Waals surface area contributed by atoms with Crippen LogP contribution in [0.1, 0.15) is 12.8 Å². The monoisotopic (exact) mass is 135 g/mol. The van der Waals surface area contributed by atoms with Crippen molar-refractivity contribution in [3.8, 4) is 0 Å². The fourth-order valence-corrected chi connectivity index (χ4v) is 0.594. The third-order valence-corrected chi connectivity index (χ3v) is 1.09. The van der Waals surface area contributed by atoms with Gasteiger partial charge >= 0.3 is 0 Å². The lowest BCUT2D eigenvalue weighted by atomic mass is 10.3. The van der Waals surface area contributed by atoms with E-state index in [-0.39, 0.29) is 0 Å². The molecule has 0 aromatic heterocycles. The first-order chi connectivity index (χ1) is 3.77. The number of aliphatic hydroxyl groups is 1.